The number of hydrogen-bond donors (Lipinski definition) is 1. The van der Waals surface area contributed by atoms with E-state index in [0.29, 0.717) is 0 Å². The third-order valence-corrected chi connectivity index (χ3v) is 2.12. The van der Waals surface area contributed by atoms with Crippen LogP contribution in [-0.4, -0.2) is 21.0 Å². The van der Waals surface area contributed by atoms with Gasteiger partial charge in [-0.1, -0.05) is 0 Å². The van der Waals surface area contributed by atoms with E-state index in [1.807, 2.05) is 0 Å². The minimum Gasteiger partial charge on any atom is -0.477 e. The average Bonchev–Trinajstić information content (AvgIpc) is 2.28. The largest absolute Gasteiger partial charge is 0.477 e. The summed E-state index contributed by atoms with van der Waals surface area (Å²) in [6.07, 6.45) is 2.51. The number of fused-ring (bicyclic) bond motifs is 1. The molecule has 16 heavy (non-hydrogen) atoms. The molecular weight excluding hydrogens is 218 g/mol. The van der Waals surface area contributed by atoms with E-state index in [4.69, 9.17) is 5.11 Å². The van der Waals surface area contributed by atoms with Crippen LogP contribution in [0, 0.1) is 0 Å². The van der Waals surface area contributed by atoms with E-state index in [1.165, 1.54) is 18.3 Å². The van der Waals surface area contributed by atoms with Crippen LogP contribution in [0.3, 0.4) is 0 Å². The van der Waals surface area contributed by atoms with E-state index in [-0.39, 0.29) is 11.0 Å². The number of aromatic nitrogens is 2. The molecule has 2 aromatic rings. The van der Waals surface area contributed by atoms with Gasteiger partial charge < -0.3 is 5.11 Å². The Balaban J connectivity index is 2.74. The van der Waals surface area contributed by atoms with Crippen molar-refractivity contribution < 1.29 is 18.7 Å². The number of alkyl halides is 2. The van der Waals surface area contributed by atoms with Crippen LogP contribution in [0.2, 0.25) is 0 Å². The van der Waals surface area contributed by atoms with E-state index in [1.54, 1.807) is 0 Å². The van der Waals surface area contributed by atoms with Crippen molar-refractivity contribution in [3.05, 3.63) is 36.2 Å². The Bertz CT molecular complexity index is 552. The third kappa shape index (κ3) is 1.48. The molecule has 0 saturated carbocycles. The molecule has 6 heteroatoms. The van der Waals surface area contributed by atoms with Crippen LogP contribution in [0.25, 0.3) is 11.0 Å². The highest BCUT2D eigenvalue weighted by Gasteiger charge is 2.42. The summed E-state index contributed by atoms with van der Waals surface area (Å²) in [6, 6.07) is 3.80. The lowest BCUT2D eigenvalue weighted by Gasteiger charge is -2.12. The quantitative estimate of drug-likeness (QED) is 0.844. The first kappa shape index (κ1) is 10.4. The zero-order valence-electron chi connectivity index (χ0n) is 7.89. The third-order valence-electron chi connectivity index (χ3n) is 2.12. The van der Waals surface area contributed by atoms with Crippen LogP contribution in [0.4, 0.5) is 8.78 Å². The van der Waals surface area contributed by atoms with Crippen LogP contribution in [0.5, 0.6) is 0 Å². The summed E-state index contributed by atoms with van der Waals surface area (Å²) < 4.78 is 26.7. The van der Waals surface area contributed by atoms with E-state index < -0.39 is 17.5 Å². The van der Waals surface area contributed by atoms with Gasteiger partial charge in [0.2, 0.25) is 0 Å². The lowest BCUT2D eigenvalue weighted by atomic mass is 10.1. The van der Waals surface area contributed by atoms with Gasteiger partial charge in [0.15, 0.2) is 5.65 Å². The molecule has 1 N–H and O–H groups in total. The van der Waals surface area contributed by atoms with Crippen LogP contribution >= 0.6 is 0 Å². The van der Waals surface area contributed by atoms with Gasteiger partial charge in [0, 0.05) is 23.3 Å². The number of hydrogen-bond acceptors (Lipinski definition) is 3. The van der Waals surface area contributed by atoms with Crippen molar-refractivity contribution in [1.82, 2.24) is 9.97 Å². The van der Waals surface area contributed by atoms with E-state index in [9.17, 15) is 13.6 Å². The number of carboxylic acids is 1. The summed E-state index contributed by atoms with van der Waals surface area (Å²) >= 11 is 0. The summed E-state index contributed by atoms with van der Waals surface area (Å²) in [7, 11) is 0. The second-order valence-corrected chi connectivity index (χ2v) is 3.11. The predicted molar refractivity (Wildman–Crippen MR) is 51.1 cm³/mol. The molecule has 2 aromatic heterocycles. The first-order chi connectivity index (χ1) is 7.53. The summed E-state index contributed by atoms with van der Waals surface area (Å²) in [5.41, 5.74) is -0.501. The molecule has 0 aromatic carbocycles. The van der Waals surface area contributed by atoms with Gasteiger partial charge in [-0.2, -0.15) is 8.78 Å². The van der Waals surface area contributed by atoms with Crippen molar-refractivity contribution in [2.24, 2.45) is 0 Å². The molecule has 0 bridgehead atoms. The maximum atomic E-state index is 13.4. The Kier molecular flexibility index (Phi) is 2.26. The van der Waals surface area contributed by atoms with Gasteiger partial charge in [0.25, 0.3) is 0 Å². The highest BCUT2D eigenvalue weighted by molar-refractivity contribution is 5.87. The van der Waals surface area contributed by atoms with E-state index >= 15 is 0 Å². The summed E-state index contributed by atoms with van der Waals surface area (Å²) in [5.74, 6) is -6.13. The fourth-order valence-corrected chi connectivity index (χ4v) is 1.37. The lowest BCUT2D eigenvalue weighted by molar-refractivity contribution is -0.166. The molecule has 0 amide bonds. The second-order valence-electron chi connectivity index (χ2n) is 3.11. The summed E-state index contributed by atoms with van der Waals surface area (Å²) in [5, 5.41) is 8.50. The molecule has 0 aliphatic rings. The molecule has 0 radical (unpaired) electrons. The number of aliphatic carboxylic acids is 1. The fraction of sp³-hybridized carbons (Fsp3) is 0.100. The number of rotatable bonds is 2. The van der Waals surface area contributed by atoms with Crippen LogP contribution in [0.1, 0.15) is 5.56 Å². The maximum Gasteiger partial charge on any atom is 0.379 e. The summed E-state index contributed by atoms with van der Waals surface area (Å²) in [4.78, 5) is 18.0. The molecule has 2 rings (SSSR count). The zero-order valence-corrected chi connectivity index (χ0v) is 7.89. The number of carbonyl (C=O) groups is 1. The van der Waals surface area contributed by atoms with Gasteiger partial charge in [0.1, 0.15) is 0 Å². The Morgan fingerprint density at radius 2 is 1.94 bits per heavy atom. The number of nitrogens with zero attached hydrogens (tertiary/aromatic N) is 2. The number of carboxylic acid groups (broad SMARTS) is 1. The number of halogens is 2. The van der Waals surface area contributed by atoms with Gasteiger partial charge >= 0.3 is 11.9 Å². The van der Waals surface area contributed by atoms with Crippen molar-refractivity contribution in [2.45, 2.75) is 5.92 Å². The fourth-order valence-electron chi connectivity index (χ4n) is 1.37. The van der Waals surface area contributed by atoms with Crippen molar-refractivity contribution in [2.75, 3.05) is 0 Å². The second kappa shape index (κ2) is 3.48. The molecule has 0 spiro atoms. The van der Waals surface area contributed by atoms with Crippen molar-refractivity contribution in [1.29, 1.82) is 0 Å². The Labute approximate surface area is 88.6 Å². The van der Waals surface area contributed by atoms with Gasteiger partial charge in [-0.15, -0.1) is 0 Å². The zero-order chi connectivity index (χ0) is 11.8. The smallest absolute Gasteiger partial charge is 0.379 e. The first-order valence-corrected chi connectivity index (χ1v) is 4.35. The van der Waals surface area contributed by atoms with Crippen LogP contribution in [-0.2, 0) is 10.7 Å². The first-order valence-electron chi connectivity index (χ1n) is 4.35. The molecule has 0 saturated heterocycles. The topological polar surface area (TPSA) is 63.1 Å². The molecule has 0 atom stereocenters. The monoisotopic (exact) mass is 224 g/mol. The van der Waals surface area contributed by atoms with E-state index in [0.717, 1.165) is 12.3 Å². The van der Waals surface area contributed by atoms with Gasteiger partial charge in [-0.25, -0.2) is 14.8 Å². The minimum absolute atomic E-state index is 0.0393. The molecule has 0 unspecified atom stereocenters. The van der Waals surface area contributed by atoms with Crippen molar-refractivity contribution in [3.63, 3.8) is 0 Å². The Morgan fingerprint density at radius 3 is 2.62 bits per heavy atom. The molecule has 4 nitrogen and oxygen atoms in total. The Hall–Kier alpha value is -2.11. The predicted octanol–water partition coefficient (Wildman–Crippen LogP) is 1.81. The van der Waals surface area contributed by atoms with Gasteiger partial charge in [0.05, 0.1) is 0 Å². The van der Waals surface area contributed by atoms with Crippen molar-refractivity contribution in [3.8, 4) is 0 Å². The lowest BCUT2D eigenvalue weighted by Crippen LogP contribution is -2.25. The van der Waals surface area contributed by atoms with Crippen LogP contribution in [0.15, 0.2) is 30.6 Å². The molecule has 82 valence electrons. The summed E-state index contributed by atoms with van der Waals surface area (Å²) in [6.45, 7) is 0. The maximum absolute atomic E-state index is 13.4. The van der Waals surface area contributed by atoms with E-state index in [2.05, 4.69) is 9.97 Å². The molecule has 2 heterocycles. The minimum atomic E-state index is -3.94. The molecule has 0 fully saturated rings. The van der Waals surface area contributed by atoms with Crippen LogP contribution < -0.4 is 0 Å². The SMILES string of the molecule is O=C(O)C(F)(F)c1ccnc2ncccc12. The van der Waals surface area contributed by atoms with Crippen molar-refractivity contribution >= 4 is 17.0 Å². The average molecular weight is 224 g/mol. The standard InChI is InChI=1S/C10H6F2N2O2/c11-10(12,9(15)16)7-3-5-14-8-6(7)2-1-4-13-8/h1-5H,(H,15,16). The Morgan fingerprint density at radius 1 is 1.25 bits per heavy atom. The molecule has 0 aliphatic carbocycles. The number of pyridine rings is 2. The highest BCUT2D eigenvalue weighted by atomic mass is 19.3. The molecular formula is C10H6F2N2O2. The van der Waals surface area contributed by atoms with Gasteiger partial charge in [-0.05, 0) is 18.2 Å². The normalized spacial score (nSPS) is 11.6. The molecule has 0 aliphatic heterocycles. The van der Waals surface area contributed by atoms with Gasteiger partial charge in [-0.3, -0.25) is 0 Å². The highest BCUT2D eigenvalue weighted by Crippen LogP contribution is 2.32.